The lowest BCUT2D eigenvalue weighted by Crippen LogP contribution is -2.19. The number of hydrogen-bond acceptors (Lipinski definition) is 4. The standard InChI is InChI=1S/C21H18ClN3OS2/c22-14-7-5-13(6-8-14)16-12-28-21(23-16)24-20(26)18-11-19-17(9-10-27-19)25(18)15-3-1-2-4-15/h5-12,15H,1-4H2,(H,23,24,26). The first kappa shape index (κ1) is 17.9. The molecule has 0 spiro atoms. The Morgan fingerprint density at radius 3 is 2.71 bits per heavy atom. The van der Waals surface area contributed by atoms with Gasteiger partial charge in [0.1, 0.15) is 5.69 Å². The molecular formula is C21H18ClN3OS2. The first-order valence-corrected chi connectivity index (χ1v) is 11.4. The largest absolute Gasteiger partial charge is 0.333 e. The number of aromatic nitrogens is 2. The molecule has 28 heavy (non-hydrogen) atoms. The van der Waals surface area contributed by atoms with Crippen LogP contribution in [0.5, 0.6) is 0 Å². The maximum absolute atomic E-state index is 13.1. The summed E-state index contributed by atoms with van der Waals surface area (Å²) < 4.78 is 3.40. The van der Waals surface area contributed by atoms with Crippen molar-refractivity contribution in [3.63, 3.8) is 0 Å². The van der Waals surface area contributed by atoms with E-state index in [9.17, 15) is 4.79 Å². The van der Waals surface area contributed by atoms with Gasteiger partial charge in [-0.3, -0.25) is 10.1 Å². The Balaban J connectivity index is 1.42. The van der Waals surface area contributed by atoms with Crippen molar-refractivity contribution in [1.82, 2.24) is 9.55 Å². The molecule has 4 nitrogen and oxygen atoms in total. The highest BCUT2D eigenvalue weighted by molar-refractivity contribution is 7.17. The third kappa shape index (κ3) is 3.26. The topological polar surface area (TPSA) is 46.9 Å². The zero-order chi connectivity index (χ0) is 19.1. The van der Waals surface area contributed by atoms with Crippen LogP contribution in [-0.4, -0.2) is 15.5 Å². The van der Waals surface area contributed by atoms with Gasteiger partial charge < -0.3 is 4.57 Å². The number of hydrogen-bond donors (Lipinski definition) is 1. The molecule has 1 aliphatic carbocycles. The fourth-order valence-electron chi connectivity index (χ4n) is 3.92. The fourth-order valence-corrected chi connectivity index (χ4v) is 5.57. The third-order valence-corrected chi connectivity index (χ3v) is 7.11. The van der Waals surface area contributed by atoms with Crippen LogP contribution in [0.15, 0.2) is 47.2 Å². The lowest BCUT2D eigenvalue weighted by atomic mass is 10.2. The minimum Gasteiger partial charge on any atom is -0.333 e. The summed E-state index contributed by atoms with van der Waals surface area (Å²) >= 11 is 9.08. The molecule has 1 N–H and O–H groups in total. The molecule has 3 aromatic heterocycles. The van der Waals surface area contributed by atoms with E-state index in [1.807, 2.05) is 35.7 Å². The van der Waals surface area contributed by atoms with Crippen LogP contribution in [0.4, 0.5) is 5.13 Å². The summed E-state index contributed by atoms with van der Waals surface area (Å²) in [6.45, 7) is 0. The number of nitrogens with zero attached hydrogens (tertiary/aromatic N) is 2. The second-order valence-corrected chi connectivity index (χ2v) is 9.25. The molecule has 3 heterocycles. The molecule has 0 aliphatic heterocycles. The normalized spacial score (nSPS) is 14.8. The van der Waals surface area contributed by atoms with Crippen LogP contribution in [0.1, 0.15) is 42.2 Å². The average molecular weight is 428 g/mol. The molecule has 1 fully saturated rings. The predicted molar refractivity (Wildman–Crippen MR) is 118 cm³/mol. The number of carbonyl (C=O) groups is 1. The lowest BCUT2D eigenvalue weighted by Gasteiger charge is -2.16. The van der Waals surface area contributed by atoms with E-state index >= 15 is 0 Å². The number of nitrogens with one attached hydrogen (secondary N) is 1. The molecule has 5 rings (SSSR count). The van der Waals surface area contributed by atoms with Gasteiger partial charge in [0.2, 0.25) is 0 Å². The number of anilines is 1. The smallest absolute Gasteiger partial charge is 0.274 e. The highest BCUT2D eigenvalue weighted by atomic mass is 35.5. The van der Waals surface area contributed by atoms with Crippen LogP contribution in [0, 0.1) is 0 Å². The first-order chi connectivity index (χ1) is 13.7. The Morgan fingerprint density at radius 2 is 1.93 bits per heavy atom. The van der Waals surface area contributed by atoms with Crippen molar-refractivity contribution in [1.29, 1.82) is 0 Å². The van der Waals surface area contributed by atoms with E-state index in [0.717, 1.165) is 34.5 Å². The van der Waals surface area contributed by atoms with Crippen LogP contribution >= 0.6 is 34.3 Å². The predicted octanol–water partition coefficient (Wildman–Crippen LogP) is 6.85. The molecule has 4 aromatic rings. The summed E-state index contributed by atoms with van der Waals surface area (Å²) in [7, 11) is 0. The van der Waals surface area contributed by atoms with Crippen molar-refractivity contribution >= 4 is 55.5 Å². The monoisotopic (exact) mass is 427 g/mol. The van der Waals surface area contributed by atoms with Crippen molar-refractivity contribution in [2.45, 2.75) is 31.7 Å². The zero-order valence-electron chi connectivity index (χ0n) is 15.0. The van der Waals surface area contributed by atoms with Crippen molar-refractivity contribution in [3.8, 4) is 11.3 Å². The third-order valence-electron chi connectivity index (χ3n) is 5.25. The number of halogens is 1. The van der Waals surface area contributed by atoms with Gasteiger partial charge in [0.25, 0.3) is 5.91 Å². The molecule has 1 aliphatic rings. The lowest BCUT2D eigenvalue weighted by molar-refractivity contribution is 0.101. The summed E-state index contributed by atoms with van der Waals surface area (Å²) in [6.07, 6.45) is 4.73. The quantitative estimate of drug-likeness (QED) is 0.387. The van der Waals surface area contributed by atoms with Gasteiger partial charge in [-0.1, -0.05) is 36.6 Å². The molecule has 0 bridgehead atoms. The molecule has 142 valence electrons. The Bertz CT molecular complexity index is 1140. The molecule has 1 amide bonds. The first-order valence-electron chi connectivity index (χ1n) is 9.30. The van der Waals surface area contributed by atoms with Gasteiger partial charge in [-0.05, 0) is 42.5 Å². The Hall–Kier alpha value is -2.15. The van der Waals surface area contributed by atoms with Crippen LogP contribution < -0.4 is 5.32 Å². The fraction of sp³-hybridized carbons (Fsp3) is 0.238. The van der Waals surface area contributed by atoms with Crippen LogP contribution in [0.2, 0.25) is 5.02 Å². The van der Waals surface area contributed by atoms with E-state index in [0.29, 0.717) is 16.2 Å². The van der Waals surface area contributed by atoms with Gasteiger partial charge in [0, 0.05) is 22.0 Å². The van der Waals surface area contributed by atoms with E-state index in [2.05, 4.69) is 26.3 Å². The Kier molecular flexibility index (Phi) is 4.70. The Morgan fingerprint density at radius 1 is 1.14 bits per heavy atom. The number of thiazole rings is 1. The van der Waals surface area contributed by atoms with Gasteiger partial charge in [-0.15, -0.1) is 22.7 Å². The van der Waals surface area contributed by atoms with Crippen LogP contribution in [0.25, 0.3) is 21.5 Å². The van der Waals surface area contributed by atoms with E-state index in [1.165, 1.54) is 29.7 Å². The average Bonchev–Trinajstić information content (AvgIpc) is 3.46. The van der Waals surface area contributed by atoms with E-state index < -0.39 is 0 Å². The minimum atomic E-state index is -0.0905. The zero-order valence-corrected chi connectivity index (χ0v) is 17.4. The van der Waals surface area contributed by atoms with E-state index in [-0.39, 0.29) is 5.91 Å². The van der Waals surface area contributed by atoms with Crippen molar-refractivity contribution in [3.05, 3.63) is 57.9 Å². The van der Waals surface area contributed by atoms with Gasteiger partial charge in [0.15, 0.2) is 5.13 Å². The van der Waals surface area contributed by atoms with E-state index in [4.69, 9.17) is 11.6 Å². The summed E-state index contributed by atoms with van der Waals surface area (Å²) in [5.74, 6) is -0.0905. The van der Waals surface area contributed by atoms with Gasteiger partial charge in [0.05, 0.1) is 15.9 Å². The van der Waals surface area contributed by atoms with Gasteiger partial charge in [-0.25, -0.2) is 4.98 Å². The summed E-state index contributed by atoms with van der Waals surface area (Å²) in [5.41, 5.74) is 3.72. The number of fused-ring (bicyclic) bond motifs is 1. The van der Waals surface area contributed by atoms with Crippen molar-refractivity contribution < 1.29 is 4.79 Å². The highest BCUT2D eigenvalue weighted by Crippen LogP contribution is 2.37. The van der Waals surface area contributed by atoms with Gasteiger partial charge >= 0.3 is 0 Å². The molecule has 0 atom stereocenters. The minimum absolute atomic E-state index is 0.0905. The maximum atomic E-state index is 13.1. The molecule has 1 saturated carbocycles. The molecular weight excluding hydrogens is 410 g/mol. The summed E-state index contributed by atoms with van der Waals surface area (Å²) in [5, 5.41) is 8.35. The molecule has 1 aromatic carbocycles. The SMILES string of the molecule is O=C(Nc1nc(-c2ccc(Cl)cc2)cs1)c1cc2sccc2n1C1CCCC1. The van der Waals surface area contributed by atoms with Crippen LogP contribution in [-0.2, 0) is 0 Å². The number of amides is 1. The van der Waals surface area contributed by atoms with Crippen molar-refractivity contribution in [2.24, 2.45) is 0 Å². The second kappa shape index (κ2) is 7.35. The molecule has 0 radical (unpaired) electrons. The van der Waals surface area contributed by atoms with E-state index in [1.54, 1.807) is 11.3 Å². The molecule has 7 heteroatoms. The molecule has 0 saturated heterocycles. The Labute approximate surface area is 175 Å². The maximum Gasteiger partial charge on any atom is 0.274 e. The van der Waals surface area contributed by atoms with Gasteiger partial charge in [-0.2, -0.15) is 0 Å². The number of rotatable bonds is 4. The highest BCUT2D eigenvalue weighted by Gasteiger charge is 2.25. The summed E-state index contributed by atoms with van der Waals surface area (Å²) in [4.78, 5) is 17.7. The summed E-state index contributed by atoms with van der Waals surface area (Å²) in [6, 6.07) is 12.1. The molecule has 0 unspecified atom stereocenters. The second-order valence-electron chi connectivity index (χ2n) is 7.01. The van der Waals surface area contributed by atoms with Crippen LogP contribution in [0.3, 0.4) is 0 Å². The number of thiophene rings is 1. The number of benzene rings is 1. The number of carbonyl (C=O) groups excluding carboxylic acids is 1. The van der Waals surface area contributed by atoms with Crippen molar-refractivity contribution in [2.75, 3.05) is 5.32 Å².